The number of phenols is 1. The molecule has 0 bridgehead atoms. The first-order valence-corrected chi connectivity index (χ1v) is 9.73. The van der Waals surface area contributed by atoms with Gasteiger partial charge in [0.2, 0.25) is 0 Å². The highest BCUT2D eigenvalue weighted by Crippen LogP contribution is 2.37. The van der Waals surface area contributed by atoms with E-state index in [4.69, 9.17) is 4.74 Å². The Bertz CT molecular complexity index is 880. The molecule has 0 fully saturated rings. The van der Waals surface area contributed by atoms with Crippen molar-refractivity contribution in [2.45, 2.75) is 44.9 Å². The third-order valence-corrected chi connectivity index (χ3v) is 5.34. The number of ketones is 2. The summed E-state index contributed by atoms with van der Waals surface area (Å²) in [5, 5.41) is 9.65. The van der Waals surface area contributed by atoms with E-state index in [1.54, 1.807) is 24.4 Å². The molecule has 1 aliphatic rings. The van der Waals surface area contributed by atoms with Gasteiger partial charge in [-0.2, -0.15) is 6.20 Å². The topological polar surface area (TPSA) is 77.7 Å². The fourth-order valence-electron chi connectivity index (χ4n) is 3.87. The molecule has 1 aromatic carbocycles. The molecule has 0 saturated heterocycles. The van der Waals surface area contributed by atoms with E-state index in [1.807, 2.05) is 18.2 Å². The van der Waals surface area contributed by atoms with Crippen molar-refractivity contribution in [3.63, 3.8) is 0 Å². The number of hydrogen-bond donors (Lipinski definition) is 1. The highest BCUT2D eigenvalue weighted by atomic mass is 16.5. The van der Waals surface area contributed by atoms with Gasteiger partial charge in [0, 0.05) is 12.3 Å². The van der Waals surface area contributed by atoms with Gasteiger partial charge in [-0.1, -0.05) is 43.2 Å². The van der Waals surface area contributed by atoms with Crippen molar-refractivity contribution >= 4 is 17.6 Å². The lowest BCUT2D eigenvalue weighted by atomic mass is 9.76. The molecule has 1 aliphatic carbocycles. The lowest BCUT2D eigenvalue weighted by Gasteiger charge is -2.29. The molecule has 28 heavy (non-hydrogen) atoms. The number of benzene rings is 1. The molecule has 2 atom stereocenters. The number of Topliss-reactive ketones (excluding diaryl/α,β-unsaturated/α-hetero) is 2. The van der Waals surface area contributed by atoms with Crippen LogP contribution in [0.15, 0.2) is 36.5 Å². The zero-order valence-electron chi connectivity index (χ0n) is 16.4. The van der Waals surface area contributed by atoms with E-state index >= 15 is 0 Å². The molecule has 2 aromatic rings. The number of hydrogen-bond acceptors (Lipinski definition) is 4. The standard InChI is InChI=1S/C23H26NO4/c1-3-4-17-18-11-12-24-20(18)9-8-19(17)22(27)14-16(25)7-5-15-6-10-21(26)23(13-15)28-2/h6,8-13,17,19,26H,3-5,7,14H2,1-2H3/q-1. The normalized spacial score (nSPS) is 17.9. The summed E-state index contributed by atoms with van der Waals surface area (Å²) < 4.78 is 5.09. The molecule has 148 valence electrons. The SMILES string of the molecule is CCCC1c2cc[n-]c2C=CC1C(=O)CC(=O)CCc1ccc(O)c(OC)c1. The minimum absolute atomic E-state index is 0.0187. The number of methoxy groups -OCH3 is 1. The Labute approximate surface area is 165 Å². The molecule has 2 unspecified atom stereocenters. The van der Waals surface area contributed by atoms with E-state index in [9.17, 15) is 14.7 Å². The summed E-state index contributed by atoms with van der Waals surface area (Å²) in [6, 6.07) is 7.02. The zero-order valence-corrected chi connectivity index (χ0v) is 16.4. The van der Waals surface area contributed by atoms with Gasteiger partial charge in [0.15, 0.2) is 11.5 Å². The van der Waals surface area contributed by atoms with Crippen LogP contribution in [0.3, 0.4) is 0 Å². The minimum atomic E-state index is -0.255. The van der Waals surface area contributed by atoms with Crippen LogP contribution in [0.1, 0.15) is 55.3 Å². The minimum Gasteiger partial charge on any atom is -0.664 e. The Kier molecular flexibility index (Phi) is 6.34. The van der Waals surface area contributed by atoms with Crippen molar-refractivity contribution in [3.8, 4) is 11.5 Å². The van der Waals surface area contributed by atoms with Crippen LogP contribution in [0.2, 0.25) is 0 Å². The molecule has 0 aliphatic heterocycles. The second-order valence-electron chi connectivity index (χ2n) is 7.25. The number of aromatic hydroxyl groups is 1. The van der Waals surface area contributed by atoms with Gasteiger partial charge in [-0.25, -0.2) is 0 Å². The number of allylic oxidation sites excluding steroid dienone is 1. The average Bonchev–Trinajstić information content (AvgIpc) is 3.17. The molecule has 1 heterocycles. The van der Waals surface area contributed by atoms with Crippen molar-refractivity contribution in [1.29, 1.82) is 0 Å². The van der Waals surface area contributed by atoms with Crippen molar-refractivity contribution in [2.24, 2.45) is 5.92 Å². The van der Waals surface area contributed by atoms with Gasteiger partial charge >= 0.3 is 0 Å². The van der Waals surface area contributed by atoms with Crippen molar-refractivity contribution in [3.05, 3.63) is 53.4 Å². The van der Waals surface area contributed by atoms with Crippen LogP contribution < -0.4 is 9.72 Å². The number of carbonyl (C=O) groups excluding carboxylic acids is 2. The molecule has 0 amide bonds. The van der Waals surface area contributed by atoms with Gasteiger partial charge in [0.05, 0.1) is 13.5 Å². The number of nitrogens with zero attached hydrogens (tertiary/aromatic N) is 1. The summed E-state index contributed by atoms with van der Waals surface area (Å²) in [5.74, 6) is 0.223. The van der Waals surface area contributed by atoms with Crippen molar-refractivity contribution in [1.82, 2.24) is 4.98 Å². The predicted octanol–water partition coefficient (Wildman–Crippen LogP) is 4.05. The molecule has 0 spiro atoms. The molecule has 1 aromatic heterocycles. The van der Waals surface area contributed by atoms with Crippen LogP contribution in [0, 0.1) is 5.92 Å². The van der Waals surface area contributed by atoms with E-state index < -0.39 is 0 Å². The Balaban J connectivity index is 1.60. The van der Waals surface area contributed by atoms with E-state index in [-0.39, 0.29) is 42.0 Å². The number of phenolic OH excluding ortho intramolecular Hbond substituents is 1. The summed E-state index contributed by atoms with van der Waals surface area (Å²) in [5.41, 5.74) is 2.95. The first-order chi connectivity index (χ1) is 13.5. The molecular formula is C23H26NO4-. The summed E-state index contributed by atoms with van der Waals surface area (Å²) in [6.45, 7) is 2.10. The smallest absolute Gasteiger partial charge is 0.160 e. The molecule has 5 nitrogen and oxygen atoms in total. The summed E-state index contributed by atoms with van der Waals surface area (Å²) >= 11 is 0. The third-order valence-electron chi connectivity index (χ3n) is 5.34. The van der Waals surface area contributed by atoms with E-state index in [0.29, 0.717) is 12.2 Å². The maximum Gasteiger partial charge on any atom is 0.160 e. The molecule has 1 N–H and O–H groups in total. The van der Waals surface area contributed by atoms with Gasteiger partial charge in [-0.15, -0.1) is 5.69 Å². The van der Waals surface area contributed by atoms with Crippen molar-refractivity contribution in [2.75, 3.05) is 7.11 Å². The second kappa shape index (κ2) is 8.91. The Morgan fingerprint density at radius 3 is 2.82 bits per heavy atom. The summed E-state index contributed by atoms with van der Waals surface area (Å²) in [7, 11) is 1.49. The van der Waals surface area contributed by atoms with Crippen LogP contribution in [-0.2, 0) is 16.0 Å². The molecule has 3 rings (SSSR count). The Morgan fingerprint density at radius 2 is 2.07 bits per heavy atom. The first kappa shape index (κ1) is 19.9. The second-order valence-corrected chi connectivity index (χ2v) is 7.25. The summed E-state index contributed by atoms with van der Waals surface area (Å²) in [4.78, 5) is 29.6. The largest absolute Gasteiger partial charge is 0.664 e. The zero-order chi connectivity index (χ0) is 20.1. The van der Waals surface area contributed by atoms with Gasteiger partial charge in [-0.3, -0.25) is 9.59 Å². The average molecular weight is 380 g/mol. The quantitative estimate of drug-likeness (QED) is 0.664. The van der Waals surface area contributed by atoms with Crippen LogP contribution in [0.25, 0.3) is 6.08 Å². The Morgan fingerprint density at radius 1 is 1.25 bits per heavy atom. The number of carbonyl (C=O) groups is 2. The van der Waals surface area contributed by atoms with Crippen LogP contribution in [0.5, 0.6) is 11.5 Å². The van der Waals surface area contributed by atoms with Crippen LogP contribution in [0.4, 0.5) is 0 Å². The number of aromatic nitrogens is 1. The van der Waals surface area contributed by atoms with Crippen LogP contribution in [-0.4, -0.2) is 23.8 Å². The summed E-state index contributed by atoms with van der Waals surface area (Å²) in [6.07, 6.45) is 8.23. The van der Waals surface area contributed by atoms with Crippen molar-refractivity contribution < 1.29 is 19.4 Å². The first-order valence-electron chi connectivity index (χ1n) is 9.73. The third kappa shape index (κ3) is 4.35. The molecular weight excluding hydrogens is 354 g/mol. The highest BCUT2D eigenvalue weighted by Gasteiger charge is 2.30. The number of rotatable bonds is 9. The molecule has 5 heteroatoms. The monoisotopic (exact) mass is 380 g/mol. The predicted molar refractivity (Wildman–Crippen MR) is 108 cm³/mol. The number of fused-ring (bicyclic) bond motifs is 1. The van der Waals surface area contributed by atoms with E-state index in [1.165, 1.54) is 7.11 Å². The lowest BCUT2D eigenvalue weighted by molar-refractivity contribution is -0.128. The van der Waals surface area contributed by atoms with Gasteiger partial charge in [0.1, 0.15) is 11.6 Å². The molecule has 0 saturated carbocycles. The molecule has 0 radical (unpaired) electrons. The van der Waals surface area contributed by atoms with E-state index in [2.05, 4.69) is 11.9 Å². The Hall–Kier alpha value is -2.82. The van der Waals surface area contributed by atoms with Gasteiger partial charge in [-0.05, 0) is 36.5 Å². The number of aryl methyl sites for hydroxylation is 1. The van der Waals surface area contributed by atoms with E-state index in [0.717, 1.165) is 29.7 Å². The maximum atomic E-state index is 12.8. The lowest BCUT2D eigenvalue weighted by Crippen LogP contribution is -2.25. The van der Waals surface area contributed by atoms with Gasteiger partial charge in [0.25, 0.3) is 0 Å². The van der Waals surface area contributed by atoms with Crippen LogP contribution >= 0.6 is 0 Å². The maximum absolute atomic E-state index is 12.8. The van der Waals surface area contributed by atoms with Gasteiger partial charge < -0.3 is 14.8 Å². The fourth-order valence-corrected chi connectivity index (χ4v) is 3.87. The fraction of sp³-hybridized carbons (Fsp3) is 0.391. The number of ether oxygens (including phenoxy) is 1. The highest BCUT2D eigenvalue weighted by molar-refractivity contribution is 6.01.